The molecule has 0 unspecified atom stereocenters. The maximum Gasteiger partial charge on any atom is 0.426 e. The van der Waals surface area contributed by atoms with Crippen molar-refractivity contribution in [3.63, 3.8) is 0 Å². The fourth-order valence-electron chi connectivity index (χ4n) is 1.54. The van der Waals surface area contributed by atoms with Gasteiger partial charge in [0.1, 0.15) is 0 Å². The van der Waals surface area contributed by atoms with E-state index < -0.39 is 11.7 Å². The van der Waals surface area contributed by atoms with Crippen LogP contribution in [0.15, 0.2) is 27.4 Å². The van der Waals surface area contributed by atoms with Crippen LogP contribution in [-0.2, 0) is 0 Å². The predicted octanol–water partition coefficient (Wildman–Crippen LogP) is 1.46. The van der Waals surface area contributed by atoms with E-state index in [1.807, 2.05) is 0 Å². The maximum atomic E-state index is 11.4. The van der Waals surface area contributed by atoms with Crippen molar-refractivity contribution < 1.29 is 14.0 Å². The van der Waals surface area contributed by atoms with Crippen LogP contribution in [0, 0.1) is 0 Å². The van der Waals surface area contributed by atoms with E-state index in [2.05, 4.69) is 0 Å². The first-order valence-corrected chi connectivity index (χ1v) is 4.68. The SMILES string of the molecule is CC(=O)c1ccc2c(c1)oc(=O)n2C(C)=O. The molecule has 5 nitrogen and oxygen atoms in total. The zero-order valence-electron chi connectivity index (χ0n) is 8.81. The van der Waals surface area contributed by atoms with Gasteiger partial charge < -0.3 is 4.42 Å². The lowest BCUT2D eigenvalue weighted by atomic mass is 10.1. The Balaban J connectivity index is 2.80. The molecule has 0 saturated heterocycles. The summed E-state index contributed by atoms with van der Waals surface area (Å²) in [6, 6.07) is 4.54. The summed E-state index contributed by atoms with van der Waals surface area (Å²) in [4.78, 5) is 33.7. The average molecular weight is 219 g/mol. The molecule has 16 heavy (non-hydrogen) atoms. The summed E-state index contributed by atoms with van der Waals surface area (Å²) in [5, 5.41) is 0. The molecule has 1 aromatic heterocycles. The van der Waals surface area contributed by atoms with E-state index in [-0.39, 0.29) is 11.4 Å². The van der Waals surface area contributed by atoms with Gasteiger partial charge >= 0.3 is 5.76 Å². The number of ketones is 1. The molecular weight excluding hydrogens is 210 g/mol. The molecule has 0 N–H and O–H groups in total. The fourth-order valence-corrected chi connectivity index (χ4v) is 1.54. The number of carbonyl (C=O) groups is 2. The van der Waals surface area contributed by atoms with Gasteiger partial charge in [0.2, 0.25) is 5.91 Å². The molecule has 0 amide bonds. The number of fused-ring (bicyclic) bond motifs is 1. The van der Waals surface area contributed by atoms with Gasteiger partial charge in [-0.15, -0.1) is 0 Å². The van der Waals surface area contributed by atoms with E-state index >= 15 is 0 Å². The second-order valence-corrected chi connectivity index (χ2v) is 3.46. The highest BCUT2D eigenvalue weighted by Crippen LogP contribution is 2.15. The molecule has 1 aromatic carbocycles. The lowest BCUT2D eigenvalue weighted by Crippen LogP contribution is -2.19. The molecule has 0 radical (unpaired) electrons. The summed E-state index contributed by atoms with van der Waals surface area (Å²) in [7, 11) is 0. The standard InChI is InChI=1S/C11H9NO4/c1-6(13)8-3-4-9-10(5-8)16-11(15)12(9)7(2)14/h3-5H,1-2H3. The number of aromatic nitrogens is 1. The first kappa shape index (κ1) is 10.4. The lowest BCUT2D eigenvalue weighted by Gasteiger charge is -1.96. The molecule has 0 saturated carbocycles. The molecule has 0 bridgehead atoms. The number of oxazole rings is 1. The number of carbonyl (C=O) groups excluding carboxylic acids is 2. The van der Waals surface area contributed by atoms with Crippen LogP contribution in [0.1, 0.15) is 29.0 Å². The van der Waals surface area contributed by atoms with Crippen LogP contribution < -0.4 is 5.76 Å². The summed E-state index contributed by atoms with van der Waals surface area (Å²) >= 11 is 0. The number of benzene rings is 1. The maximum absolute atomic E-state index is 11.4. The van der Waals surface area contributed by atoms with Crippen LogP contribution in [0.4, 0.5) is 0 Å². The third-order valence-electron chi connectivity index (χ3n) is 2.30. The Morgan fingerprint density at radius 1 is 1.25 bits per heavy atom. The number of Topliss-reactive ketones (excluding diaryl/α,β-unsaturated/α-hetero) is 1. The minimum absolute atomic E-state index is 0.125. The third-order valence-corrected chi connectivity index (χ3v) is 2.30. The second-order valence-electron chi connectivity index (χ2n) is 3.46. The zero-order valence-corrected chi connectivity index (χ0v) is 8.81. The highest BCUT2D eigenvalue weighted by molar-refractivity contribution is 5.98. The van der Waals surface area contributed by atoms with Gasteiger partial charge in [-0.05, 0) is 25.1 Å². The summed E-state index contributed by atoms with van der Waals surface area (Å²) in [6.45, 7) is 2.69. The largest absolute Gasteiger partial charge is 0.426 e. The predicted molar refractivity (Wildman–Crippen MR) is 56.8 cm³/mol. The topological polar surface area (TPSA) is 69.3 Å². The van der Waals surface area contributed by atoms with Crippen molar-refractivity contribution in [2.45, 2.75) is 13.8 Å². The van der Waals surface area contributed by atoms with Crippen LogP contribution in [0.5, 0.6) is 0 Å². The van der Waals surface area contributed by atoms with Gasteiger partial charge in [0, 0.05) is 12.5 Å². The van der Waals surface area contributed by atoms with Crippen LogP contribution in [0.25, 0.3) is 11.1 Å². The van der Waals surface area contributed by atoms with Gasteiger partial charge in [0.05, 0.1) is 5.52 Å². The summed E-state index contributed by atoms with van der Waals surface area (Å²) in [5.74, 6) is -1.28. The van der Waals surface area contributed by atoms with Gasteiger partial charge in [-0.1, -0.05) is 0 Å². The van der Waals surface area contributed by atoms with Crippen molar-refractivity contribution in [3.8, 4) is 0 Å². The molecule has 82 valence electrons. The van der Waals surface area contributed by atoms with Crippen molar-refractivity contribution in [1.29, 1.82) is 0 Å². The van der Waals surface area contributed by atoms with Crippen molar-refractivity contribution in [1.82, 2.24) is 4.57 Å². The summed E-state index contributed by atoms with van der Waals surface area (Å²) in [5.41, 5.74) is 1.06. The highest BCUT2D eigenvalue weighted by Gasteiger charge is 2.13. The monoisotopic (exact) mass is 219 g/mol. The van der Waals surface area contributed by atoms with Crippen LogP contribution in [-0.4, -0.2) is 16.3 Å². The molecule has 0 aliphatic heterocycles. The number of nitrogens with zero attached hydrogens (tertiary/aromatic N) is 1. The first-order chi connectivity index (χ1) is 7.50. The summed E-state index contributed by atoms with van der Waals surface area (Å²) in [6.07, 6.45) is 0. The van der Waals surface area contributed by atoms with E-state index in [1.54, 1.807) is 6.07 Å². The second kappa shape index (κ2) is 3.44. The third kappa shape index (κ3) is 1.46. The Bertz CT molecular complexity index is 648. The number of rotatable bonds is 1. The highest BCUT2D eigenvalue weighted by atomic mass is 16.4. The minimum atomic E-state index is -0.733. The summed E-state index contributed by atoms with van der Waals surface area (Å²) < 4.78 is 5.82. The van der Waals surface area contributed by atoms with Crippen molar-refractivity contribution in [3.05, 3.63) is 34.3 Å². The Labute approximate surface area is 90.3 Å². The van der Waals surface area contributed by atoms with E-state index in [0.29, 0.717) is 11.1 Å². The van der Waals surface area contributed by atoms with E-state index in [4.69, 9.17) is 4.42 Å². The van der Waals surface area contributed by atoms with Gasteiger partial charge in [-0.3, -0.25) is 9.59 Å². The molecule has 1 heterocycles. The fraction of sp³-hybridized carbons (Fsp3) is 0.182. The molecule has 0 aliphatic rings. The lowest BCUT2D eigenvalue weighted by molar-refractivity contribution is 0.0932. The minimum Gasteiger partial charge on any atom is -0.407 e. The first-order valence-electron chi connectivity index (χ1n) is 4.68. The molecule has 0 aliphatic carbocycles. The van der Waals surface area contributed by atoms with Crippen LogP contribution in [0.2, 0.25) is 0 Å². The molecule has 2 aromatic rings. The average Bonchev–Trinajstić information content (AvgIpc) is 2.51. The zero-order chi connectivity index (χ0) is 11.9. The molecule has 0 atom stereocenters. The Kier molecular flexibility index (Phi) is 2.23. The Morgan fingerprint density at radius 2 is 1.94 bits per heavy atom. The molecule has 5 heteroatoms. The van der Waals surface area contributed by atoms with Crippen molar-refractivity contribution in [2.24, 2.45) is 0 Å². The van der Waals surface area contributed by atoms with Gasteiger partial charge in [0.25, 0.3) is 0 Å². The van der Waals surface area contributed by atoms with E-state index in [9.17, 15) is 14.4 Å². The van der Waals surface area contributed by atoms with Gasteiger partial charge in [0.15, 0.2) is 11.4 Å². The number of hydrogen-bond acceptors (Lipinski definition) is 4. The van der Waals surface area contributed by atoms with Crippen molar-refractivity contribution in [2.75, 3.05) is 0 Å². The molecular formula is C11H9NO4. The Hall–Kier alpha value is -2.17. The molecule has 0 fully saturated rings. The quantitative estimate of drug-likeness (QED) is 0.681. The van der Waals surface area contributed by atoms with Crippen LogP contribution in [0.3, 0.4) is 0 Å². The molecule has 0 spiro atoms. The van der Waals surface area contributed by atoms with Crippen molar-refractivity contribution >= 4 is 22.8 Å². The van der Waals surface area contributed by atoms with E-state index in [1.165, 1.54) is 26.0 Å². The van der Waals surface area contributed by atoms with E-state index in [0.717, 1.165) is 4.57 Å². The van der Waals surface area contributed by atoms with Gasteiger partial charge in [-0.25, -0.2) is 9.36 Å². The van der Waals surface area contributed by atoms with Gasteiger partial charge in [-0.2, -0.15) is 0 Å². The van der Waals surface area contributed by atoms with Crippen LogP contribution >= 0.6 is 0 Å². The normalized spacial score (nSPS) is 10.6. The smallest absolute Gasteiger partial charge is 0.407 e. The molecule has 2 rings (SSSR count). The number of hydrogen-bond donors (Lipinski definition) is 0. The Morgan fingerprint density at radius 3 is 2.50 bits per heavy atom.